The van der Waals surface area contributed by atoms with Crippen LogP contribution in [-0.2, 0) is 16.4 Å². The van der Waals surface area contributed by atoms with Gasteiger partial charge in [0.25, 0.3) is 10.0 Å². The Balaban J connectivity index is 2.02. The molecule has 7 nitrogen and oxygen atoms in total. The number of anilines is 1. The van der Waals surface area contributed by atoms with Gasteiger partial charge in [-0.3, -0.25) is 4.72 Å². The summed E-state index contributed by atoms with van der Waals surface area (Å²) in [5, 5.41) is 0.294. The van der Waals surface area contributed by atoms with Crippen molar-refractivity contribution in [2.45, 2.75) is 17.4 Å². The standard InChI is InChI=1S/C19H23ClN2O5S/c1-22(2)13-10-14-16(25-3)8-6-15(19(14)27-11-13)21-28(23,24)18-9-12(20)5-7-17(18)26-4/h5-9,13,21H,10-11H2,1-4H3/t13-/m1/s1. The fourth-order valence-electron chi connectivity index (χ4n) is 3.11. The van der Waals surface area contributed by atoms with Gasteiger partial charge in [0.05, 0.1) is 19.9 Å². The summed E-state index contributed by atoms with van der Waals surface area (Å²) in [6, 6.07) is 7.95. The van der Waals surface area contributed by atoms with Gasteiger partial charge in [0.1, 0.15) is 28.8 Å². The molecule has 0 aromatic heterocycles. The van der Waals surface area contributed by atoms with Crippen LogP contribution in [0.15, 0.2) is 35.2 Å². The van der Waals surface area contributed by atoms with Gasteiger partial charge in [-0.2, -0.15) is 0 Å². The third-order valence-corrected chi connectivity index (χ3v) is 6.31. The summed E-state index contributed by atoms with van der Waals surface area (Å²) in [4.78, 5) is 2.02. The molecule has 1 heterocycles. The van der Waals surface area contributed by atoms with Gasteiger partial charge in [0.15, 0.2) is 0 Å². The van der Waals surface area contributed by atoms with Gasteiger partial charge >= 0.3 is 0 Å². The van der Waals surface area contributed by atoms with Gasteiger partial charge in [-0.1, -0.05) is 11.6 Å². The molecule has 0 aliphatic carbocycles. The third-order valence-electron chi connectivity index (χ3n) is 4.69. The number of nitrogens with zero attached hydrogens (tertiary/aromatic N) is 1. The summed E-state index contributed by atoms with van der Waals surface area (Å²) < 4.78 is 45.2. The Hall–Kier alpha value is -2.16. The first kappa shape index (κ1) is 20.6. The average Bonchev–Trinajstić information content (AvgIpc) is 2.67. The first-order valence-electron chi connectivity index (χ1n) is 8.62. The number of benzene rings is 2. The maximum atomic E-state index is 13.0. The van der Waals surface area contributed by atoms with E-state index in [0.717, 1.165) is 5.56 Å². The normalized spacial score (nSPS) is 16.3. The summed E-state index contributed by atoms with van der Waals surface area (Å²) >= 11 is 5.99. The van der Waals surface area contributed by atoms with Crippen molar-refractivity contribution in [2.75, 3.05) is 39.6 Å². The Morgan fingerprint density at radius 1 is 1.14 bits per heavy atom. The van der Waals surface area contributed by atoms with Crippen LogP contribution in [0.2, 0.25) is 5.02 Å². The second-order valence-corrected chi connectivity index (χ2v) is 8.74. The van der Waals surface area contributed by atoms with Crippen molar-refractivity contribution >= 4 is 27.3 Å². The number of sulfonamides is 1. The molecule has 1 N–H and O–H groups in total. The number of rotatable bonds is 6. The first-order valence-corrected chi connectivity index (χ1v) is 10.5. The summed E-state index contributed by atoms with van der Waals surface area (Å²) in [6.07, 6.45) is 0.682. The van der Waals surface area contributed by atoms with Gasteiger partial charge < -0.3 is 19.1 Å². The molecule has 2 aromatic carbocycles. The van der Waals surface area contributed by atoms with Crippen LogP contribution in [0.4, 0.5) is 5.69 Å². The van der Waals surface area contributed by atoms with Gasteiger partial charge in [-0.05, 0) is 50.8 Å². The highest BCUT2D eigenvalue weighted by atomic mass is 35.5. The predicted octanol–water partition coefficient (Wildman–Crippen LogP) is 3.02. The molecule has 1 aliphatic heterocycles. The van der Waals surface area contributed by atoms with Gasteiger partial charge in [-0.25, -0.2) is 8.42 Å². The van der Waals surface area contributed by atoms with Gasteiger partial charge in [-0.15, -0.1) is 0 Å². The molecule has 3 rings (SSSR count). The lowest BCUT2D eigenvalue weighted by Gasteiger charge is -2.32. The summed E-state index contributed by atoms with van der Waals surface area (Å²) in [5.41, 5.74) is 1.17. The average molecular weight is 427 g/mol. The summed E-state index contributed by atoms with van der Waals surface area (Å²) in [5.74, 6) is 1.33. The zero-order chi connectivity index (χ0) is 20.5. The van der Waals surface area contributed by atoms with Crippen molar-refractivity contribution in [1.29, 1.82) is 0 Å². The quantitative estimate of drug-likeness (QED) is 0.765. The highest BCUT2D eigenvalue weighted by Gasteiger charge is 2.29. The van der Waals surface area contributed by atoms with Crippen LogP contribution in [0.25, 0.3) is 0 Å². The number of methoxy groups -OCH3 is 2. The molecule has 2 aromatic rings. The molecule has 0 fully saturated rings. The van der Waals surface area contributed by atoms with Crippen molar-refractivity contribution in [3.63, 3.8) is 0 Å². The van der Waals surface area contributed by atoms with Crippen molar-refractivity contribution < 1.29 is 22.6 Å². The topological polar surface area (TPSA) is 77.1 Å². The zero-order valence-corrected chi connectivity index (χ0v) is 17.7. The van der Waals surface area contributed by atoms with Crippen LogP contribution in [0.1, 0.15) is 5.56 Å². The molecule has 1 atom stereocenters. The van der Waals surface area contributed by atoms with Crippen molar-refractivity contribution in [3.05, 3.63) is 40.9 Å². The minimum atomic E-state index is -3.95. The Labute approximate surface area is 170 Å². The fraction of sp³-hybridized carbons (Fsp3) is 0.368. The molecular weight excluding hydrogens is 404 g/mol. The third kappa shape index (κ3) is 3.99. The Kier molecular flexibility index (Phi) is 5.92. The molecule has 0 spiro atoms. The molecule has 9 heteroatoms. The largest absolute Gasteiger partial charge is 0.496 e. The van der Waals surface area contributed by atoms with E-state index >= 15 is 0 Å². The van der Waals surface area contributed by atoms with Gasteiger partial charge in [0, 0.05) is 16.6 Å². The molecular formula is C19H23ClN2O5S. The second kappa shape index (κ2) is 8.06. The Morgan fingerprint density at radius 2 is 1.82 bits per heavy atom. The molecule has 28 heavy (non-hydrogen) atoms. The van der Waals surface area contributed by atoms with Crippen LogP contribution in [0.3, 0.4) is 0 Å². The molecule has 0 saturated heterocycles. The van der Waals surface area contributed by atoms with E-state index in [2.05, 4.69) is 9.62 Å². The number of fused-ring (bicyclic) bond motifs is 1. The fourth-order valence-corrected chi connectivity index (χ4v) is 4.60. The summed E-state index contributed by atoms with van der Waals surface area (Å²) in [7, 11) is 2.98. The van der Waals surface area contributed by atoms with Crippen molar-refractivity contribution in [2.24, 2.45) is 0 Å². The molecule has 1 aliphatic rings. The van der Waals surface area contributed by atoms with Crippen LogP contribution in [0, 0.1) is 0 Å². The lowest BCUT2D eigenvalue weighted by Crippen LogP contribution is -2.38. The van der Waals surface area contributed by atoms with Gasteiger partial charge in [0.2, 0.25) is 0 Å². The highest BCUT2D eigenvalue weighted by molar-refractivity contribution is 7.92. The van der Waals surface area contributed by atoms with Crippen molar-refractivity contribution in [1.82, 2.24) is 4.90 Å². The molecule has 0 radical (unpaired) electrons. The highest BCUT2D eigenvalue weighted by Crippen LogP contribution is 2.41. The van der Waals surface area contributed by atoms with Crippen LogP contribution in [0.5, 0.6) is 17.2 Å². The van der Waals surface area contributed by atoms with E-state index in [9.17, 15) is 8.42 Å². The van der Waals surface area contributed by atoms with Crippen molar-refractivity contribution in [3.8, 4) is 17.2 Å². The first-order chi connectivity index (χ1) is 13.3. The van der Waals surface area contributed by atoms with E-state index in [1.807, 2.05) is 14.1 Å². The molecule has 0 bridgehead atoms. The second-order valence-electron chi connectivity index (χ2n) is 6.66. The maximum absolute atomic E-state index is 13.0. The lowest BCUT2D eigenvalue weighted by atomic mass is 10.00. The summed E-state index contributed by atoms with van der Waals surface area (Å²) in [6.45, 7) is 0.447. The molecule has 152 valence electrons. The van der Waals surface area contributed by atoms with E-state index in [1.165, 1.54) is 19.2 Å². The molecule has 0 saturated carbocycles. The van der Waals surface area contributed by atoms with E-state index in [4.69, 9.17) is 25.8 Å². The predicted molar refractivity (Wildman–Crippen MR) is 108 cm³/mol. The van der Waals surface area contributed by atoms with E-state index in [1.54, 1.807) is 25.3 Å². The number of nitrogens with one attached hydrogen (secondary N) is 1. The number of hydrogen-bond acceptors (Lipinski definition) is 6. The molecule has 0 amide bonds. The Morgan fingerprint density at radius 3 is 2.46 bits per heavy atom. The lowest BCUT2D eigenvalue weighted by molar-refractivity contribution is 0.164. The Bertz CT molecular complexity index is 979. The number of likely N-dealkylation sites (N-methyl/N-ethyl adjacent to an activating group) is 1. The van der Waals surface area contributed by atoms with Crippen LogP contribution in [-0.4, -0.2) is 54.3 Å². The van der Waals surface area contributed by atoms with Crippen LogP contribution >= 0.6 is 11.6 Å². The monoisotopic (exact) mass is 426 g/mol. The molecule has 0 unspecified atom stereocenters. The van der Waals surface area contributed by atoms with E-state index in [0.29, 0.717) is 35.2 Å². The van der Waals surface area contributed by atoms with E-state index < -0.39 is 10.0 Å². The van der Waals surface area contributed by atoms with E-state index in [-0.39, 0.29) is 16.7 Å². The minimum absolute atomic E-state index is 0.0472. The minimum Gasteiger partial charge on any atom is -0.496 e. The number of halogens is 1. The SMILES string of the molecule is COc1ccc(Cl)cc1S(=O)(=O)Nc1ccc(OC)c2c1OC[C@H](N(C)C)C2. The van der Waals surface area contributed by atoms with Crippen LogP contribution < -0.4 is 18.9 Å². The zero-order valence-electron chi connectivity index (χ0n) is 16.2. The smallest absolute Gasteiger partial charge is 0.265 e. The number of ether oxygens (including phenoxy) is 3. The number of hydrogen-bond donors (Lipinski definition) is 1. The maximum Gasteiger partial charge on any atom is 0.265 e.